The molecule has 1 N–H and O–H groups in total. The third-order valence-electron chi connectivity index (χ3n) is 3.90. The molecule has 0 bridgehead atoms. The van der Waals surface area contributed by atoms with E-state index in [4.69, 9.17) is 0 Å². The van der Waals surface area contributed by atoms with E-state index in [0.717, 1.165) is 25.8 Å². The summed E-state index contributed by atoms with van der Waals surface area (Å²) in [5.74, 6) is 0. The Morgan fingerprint density at radius 2 is 2.10 bits per heavy atom. The average molecular weight is 267 g/mol. The Bertz CT molecular complexity index is 522. The summed E-state index contributed by atoms with van der Waals surface area (Å²) in [6.07, 6.45) is 9.74. The third kappa shape index (κ3) is 3.10. The van der Waals surface area contributed by atoms with E-state index in [0.29, 0.717) is 0 Å². The quantitative estimate of drug-likeness (QED) is 0.813. The highest BCUT2D eigenvalue weighted by molar-refractivity contribution is 5.46. The fourth-order valence-electron chi connectivity index (χ4n) is 2.95. The maximum absolute atomic E-state index is 4.06. The fourth-order valence-corrected chi connectivity index (χ4v) is 2.95. The van der Waals surface area contributed by atoms with Crippen LogP contribution in [-0.2, 0) is 6.42 Å². The van der Waals surface area contributed by atoms with Crippen molar-refractivity contribution in [1.82, 2.24) is 5.32 Å². The molecule has 0 aromatic heterocycles. The number of aryl methyl sites for hydroxylation is 1. The number of benzene rings is 1. The summed E-state index contributed by atoms with van der Waals surface area (Å²) in [5.41, 5.74) is 5.61. The van der Waals surface area contributed by atoms with Crippen molar-refractivity contribution in [2.75, 3.05) is 6.54 Å². The van der Waals surface area contributed by atoms with Gasteiger partial charge in [0, 0.05) is 0 Å². The van der Waals surface area contributed by atoms with Crippen molar-refractivity contribution in [3.05, 3.63) is 71.3 Å². The molecule has 1 aliphatic carbocycles. The lowest BCUT2D eigenvalue weighted by atomic mass is 9.94. The molecule has 2 rings (SSSR count). The van der Waals surface area contributed by atoms with E-state index in [-0.39, 0.29) is 6.04 Å². The van der Waals surface area contributed by atoms with Crippen LogP contribution in [0.15, 0.2) is 60.2 Å². The minimum Gasteiger partial charge on any atom is -0.306 e. The lowest BCUT2D eigenvalue weighted by Gasteiger charge is -2.22. The highest BCUT2D eigenvalue weighted by atomic mass is 14.9. The van der Waals surface area contributed by atoms with Crippen molar-refractivity contribution < 1.29 is 0 Å². The molecular formula is C19H25N. The van der Waals surface area contributed by atoms with Crippen LogP contribution in [0.4, 0.5) is 0 Å². The second-order valence-corrected chi connectivity index (χ2v) is 5.27. The molecule has 1 atom stereocenters. The maximum atomic E-state index is 4.06. The van der Waals surface area contributed by atoms with Gasteiger partial charge in [-0.15, -0.1) is 0 Å². The lowest BCUT2D eigenvalue weighted by Crippen LogP contribution is -2.24. The predicted octanol–water partition coefficient (Wildman–Crippen LogP) is 4.73. The summed E-state index contributed by atoms with van der Waals surface area (Å²) in [6.45, 7) is 9.38. The van der Waals surface area contributed by atoms with Crippen LogP contribution in [-0.4, -0.2) is 6.54 Å². The molecule has 0 fully saturated rings. The van der Waals surface area contributed by atoms with Crippen LogP contribution in [0.5, 0.6) is 0 Å². The summed E-state index contributed by atoms with van der Waals surface area (Å²) in [6, 6.07) is 9.07. The molecule has 0 spiro atoms. The largest absolute Gasteiger partial charge is 0.306 e. The molecule has 0 heterocycles. The van der Waals surface area contributed by atoms with Gasteiger partial charge in [-0.2, -0.15) is 0 Å². The van der Waals surface area contributed by atoms with E-state index in [1.165, 1.54) is 22.3 Å². The van der Waals surface area contributed by atoms with Gasteiger partial charge in [0.2, 0.25) is 0 Å². The highest BCUT2D eigenvalue weighted by Gasteiger charge is 2.22. The summed E-state index contributed by atoms with van der Waals surface area (Å²) >= 11 is 0. The van der Waals surface area contributed by atoms with Gasteiger partial charge in [-0.05, 0) is 55.0 Å². The predicted molar refractivity (Wildman–Crippen MR) is 87.8 cm³/mol. The van der Waals surface area contributed by atoms with Crippen LogP contribution in [0.3, 0.4) is 0 Å². The third-order valence-corrected chi connectivity index (χ3v) is 3.90. The van der Waals surface area contributed by atoms with E-state index in [1.54, 1.807) is 0 Å². The number of hydrogen-bond acceptors (Lipinski definition) is 1. The number of allylic oxidation sites excluding steroid dienone is 3. The Morgan fingerprint density at radius 3 is 2.80 bits per heavy atom. The van der Waals surface area contributed by atoms with Crippen LogP contribution in [0.1, 0.15) is 43.9 Å². The molecule has 1 aromatic carbocycles. The van der Waals surface area contributed by atoms with Gasteiger partial charge in [-0.25, -0.2) is 0 Å². The van der Waals surface area contributed by atoms with Gasteiger partial charge in [0.05, 0.1) is 6.04 Å². The zero-order chi connectivity index (χ0) is 14.4. The van der Waals surface area contributed by atoms with Gasteiger partial charge in [-0.1, -0.05) is 56.0 Å². The number of fused-ring (bicyclic) bond motifs is 1. The summed E-state index contributed by atoms with van der Waals surface area (Å²) in [5, 5.41) is 3.69. The molecule has 20 heavy (non-hydrogen) atoms. The number of nitrogens with one attached hydrogen (secondary N) is 1. The van der Waals surface area contributed by atoms with Crippen LogP contribution >= 0.6 is 0 Å². The summed E-state index contributed by atoms with van der Waals surface area (Å²) < 4.78 is 0. The molecule has 1 aromatic rings. The topological polar surface area (TPSA) is 12.0 Å². The molecule has 0 radical (unpaired) electrons. The Balaban J connectivity index is 2.49. The molecule has 1 heteroatoms. The van der Waals surface area contributed by atoms with Gasteiger partial charge in [0.25, 0.3) is 0 Å². The van der Waals surface area contributed by atoms with E-state index in [1.807, 2.05) is 6.08 Å². The number of rotatable bonds is 5. The molecule has 1 unspecified atom stereocenters. The molecule has 0 saturated carbocycles. The van der Waals surface area contributed by atoms with Crippen LogP contribution in [0.2, 0.25) is 0 Å². The van der Waals surface area contributed by atoms with Crippen LogP contribution < -0.4 is 5.32 Å². The van der Waals surface area contributed by atoms with E-state index < -0.39 is 0 Å². The van der Waals surface area contributed by atoms with Crippen molar-refractivity contribution in [2.24, 2.45) is 0 Å². The van der Waals surface area contributed by atoms with Crippen molar-refractivity contribution in [2.45, 2.75) is 39.2 Å². The van der Waals surface area contributed by atoms with E-state index >= 15 is 0 Å². The molecule has 0 saturated heterocycles. The summed E-state index contributed by atoms with van der Waals surface area (Å²) in [4.78, 5) is 0. The van der Waals surface area contributed by atoms with Crippen molar-refractivity contribution in [3.63, 3.8) is 0 Å². The summed E-state index contributed by atoms with van der Waals surface area (Å²) in [7, 11) is 0. The van der Waals surface area contributed by atoms with E-state index in [9.17, 15) is 0 Å². The van der Waals surface area contributed by atoms with Gasteiger partial charge in [-0.3, -0.25) is 0 Å². The number of hydrogen-bond donors (Lipinski definition) is 1. The van der Waals surface area contributed by atoms with Crippen LogP contribution in [0.25, 0.3) is 0 Å². The van der Waals surface area contributed by atoms with Gasteiger partial charge >= 0.3 is 0 Å². The first-order valence-electron chi connectivity index (χ1n) is 7.61. The lowest BCUT2D eigenvalue weighted by molar-refractivity contribution is 0.595. The SMILES string of the molecule is C=CC1=C(/C=C\C)CCc2ccccc2C1NCCC. The molecular weight excluding hydrogens is 242 g/mol. The molecule has 0 aliphatic heterocycles. The Kier molecular flexibility index (Phi) is 5.37. The molecule has 106 valence electrons. The first-order chi connectivity index (χ1) is 9.81. The Labute approximate surface area is 123 Å². The van der Waals surface area contributed by atoms with Crippen molar-refractivity contribution >= 4 is 0 Å². The van der Waals surface area contributed by atoms with Crippen molar-refractivity contribution in [1.29, 1.82) is 0 Å². The fraction of sp³-hybridized carbons (Fsp3) is 0.368. The maximum Gasteiger partial charge on any atom is 0.0581 e. The standard InChI is InChI=1S/C19H25N/c1-4-9-15-12-13-16-10-7-8-11-18(16)19(17(15)6-3)20-14-5-2/h4,6-11,19-20H,3,5,12-14H2,1-2H3/b9-4-. The highest BCUT2D eigenvalue weighted by Crippen LogP contribution is 2.34. The average Bonchev–Trinajstić information content (AvgIpc) is 2.63. The zero-order valence-corrected chi connectivity index (χ0v) is 12.7. The van der Waals surface area contributed by atoms with Gasteiger partial charge in [0.1, 0.15) is 0 Å². The second-order valence-electron chi connectivity index (χ2n) is 5.27. The minimum atomic E-state index is 0.275. The normalized spacial score (nSPS) is 19.0. The van der Waals surface area contributed by atoms with E-state index in [2.05, 4.69) is 62.2 Å². The van der Waals surface area contributed by atoms with Gasteiger partial charge < -0.3 is 5.32 Å². The molecule has 1 aliphatic rings. The Morgan fingerprint density at radius 1 is 1.30 bits per heavy atom. The van der Waals surface area contributed by atoms with Crippen molar-refractivity contribution in [3.8, 4) is 0 Å². The van der Waals surface area contributed by atoms with Crippen LogP contribution in [0, 0.1) is 0 Å². The smallest absolute Gasteiger partial charge is 0.0581 e. The van der Waals surface area contributed by atoms with Gasteiger partial charge in [0.15, 0.2) is 0 Å². The molecule has 1 nitrogen and oxygen atoms in total. The minimum absolute atomic E-state index is 0.275. The Hall–Kier alpha value is -1.60. The second kappa shape index (κ2) is 7.25. The first-order valence-corrected chi connectivity index (χ1v) is 7.61. The molecule has 0 amide bonds. The zero-order valence-electron chi connectivity index (χ0n) is 12.7. The first kappa shape index (κ1) is 14.8. The monoisotopic (exact) mass is 267 g/mol.